The van der Waals surface area contributed by atoms with Gasteiger partial charge in [0.1, 0.15) is 0 Å². The van der Waals surface area contributed by atoms with Crippen LogP contribution in [0.1, 0.15) is 32.1 Å². The van der Waals surface area contributed by atoms with Crippen molar-refractivity contribution in [2.24, 2.45) is 0 Å². The number of hydrogen-bond donors (Lipinski definition) is 1. The van der Waals surface area contributed by atoms with Crippen molar-refractivity contribution in [1.82, 2.24) is 0 Å². The third kappa shape index (κ3) is 2.43. The van der Waals surface area contributed by atoms with Crippen molar-refractivity contribution >= 4 is 34.5 Å². The Morgan fingerprint density at radius 3 is 2.90 bits per heavy atom. The van der Waals surface area contributed by atoms with Gasteiger partial charge in [-0.1, -0.05) is 11.6 Å². The Balaban J connectivity index is 1.80. The molecule has 1 aliphatic carbocycles. The molecule has 1 N–H and O–H groups in total. The molecule has 1 amide bonds. The molecule has 0 spiro atoms. The minimum absolute atomic E-state index is 0.143. The zero-order chi connectivity index (χ0) is 14.1. The maximum atomic E-state index is 12.2. The molecule has 0 saturated carbocycles. The molecule has 1 heterocycles. The summed E-state index contributed by atoms with van der Waals surface area (Å²) in [6, 6.07) is 8.82. The summed E-state index contributed by atoms with van der Waals surface area (Å²) in [5.41, 5.74) is 2.30. The van der Waals surface area contributed by atoms with Crippen LogP contribution in [0, 0.1) is 11.3 Å². The number of anilines is 1. The van der Waals surface area contributed by atoms with Gasteiger partial charge in [-0.2, -0.15) is 5.26 Å². The molecule has 0 bridgehead atoms. The Labute approximate surface area is 125 Å². The van der Waals surface area contributed by atoms with Gasteiger partial charge in [0, 0.05) is 4.88 Å². The molecule has 3 nitrogen and oxygen atoms in total. The third-order valence-corrected chi connectivity index (χ3v) is 4.87. The van der Waals surface area contributed by atoms with E-state index in [-0.39, 0.29) is 5.91 Å². The quantitative estimate of drug-likeness (QED) is 0.911. The first kappa shape index (κ1) is 13.2. The molecule has 0 atom stereocenters. The van der Waals surface area contributed by atoms with Crippen molar-refractivity contribution < 1.29 is 4.79 Å². The number of amides is 1. The van der Waals surface area contributed by atoms with Gasteiger partial charge >= 0.3 is 0 Å². The lowest BCUT2D eigenvalue weighted by Gasteiger charge is -2.06. The highest BCUT2D eigenvalue weighted by molar-refractivity contribution is 7.14. The SMILES string of the molecule is N#Cc1ccc(NC(=O)c2cc3c(s2)CCC3)c(Cl)c1. The summed E-state index contributed by atoms with van der Waals surface area (Å²) < 4.78 is 0. The zero-order valence-corrected chi connectivity index (χ0v) is 12.1. The molecule has 5 heteroatoms. The smallest absolute Gasteiger partial charge is 0.265 e. The molecule has 0 radical (unpaired) electrons. The molecule has 3 rings (SSSR count). The number of carbonyl (C=O) groups is 1. The normalized spacial score (nSPS) is 12.8. The van der Waals surface area contributed by atoms with Crippen LogP contribution in [0.25, 0.3) is 0 Å². The highest BCUT2D eigenvalue weighted by Crippen LogP contribution is 2.31. The molecule has 1 aromatic carbocycles. The number of nitrogens with one attached hydrogen (secondary N) is 1. The number of carbonyl (C=O) groups excluding carboxylic acids is 1. The molecule has 0 fully saturated rings. The number of rotatable bonds is 2. The van der Waals surface area contributed by atoms with Crippen LogP contribution in [0.2, 0.25) is 5.02 Å². The second-order valence-corrected chi connectivity index (χ2v) is 6.22. The fourth-order valence-corrected chi connectivity index (χ4v) is 3.69. The van der Waals surface area contributed by atoms with Crippen molar-refractivity contribution in [3.8, 4) is 6.07 Å². The topological polar surface area (TPSA) is 52.9 Å². The monoisotopic (exact) mass is 302 g/mol. The van der Waals surface area contributed by atoms with Crippen molar-refractivity contribution in [3.63, 3.8) is 0 Å². The van der Waals surface area contributed by atoms with Crippen LogP contribution in [0.5, 0.6) is 0 Å². The summed E-state index contributed by atoms with van der Waals surface area (Å²) in [6.45, 7) is 0. The lowest BCUT2D eigenvalue weighted by atomic mass is 10.2. The second kappa shape index (κ2) is 5.28. The average molecular weight is 303 g/mol. The van der Waals surface area contributed by atoms with E-state index in [9.17, 15) is 4.79 Å². The van der Waals surface area contributed by atoms with Gasteiger partial charge in [-0.3, -0.25) is 4.79 Å². The van der Waals surface area contributed by atoms with Crippen LogP contribution < -0.4 is 5.32 Å². The van der Waals surface area contributed by atoms with E-state index in [0.29, 0.717) is 16.3 Å². The Morgan fingerprint density at radius 1 is 1.35 bits per heavy atom. The molecular weight excluding hydrogens is 292 g/mol. The first-order valence-corrected chi connectivity index (χ1v) is 7.49. The van der Waals surface area contributed by atoms with Gasteiger partial charge in [0.05, 0.1) is 27.2 Å². The number of halogens is 1. The molecule has 20 heavy (non-hydrogen) atoms. The van der Waals surface area contributed by atoms with Crippen molar-refractivity contribution in [3.05, 3.63) is 50.2 Å². The van der Waals surface area contributed by atoms with Crippen molar-refractivity contribution in [1.29, 1.82) is 5.26 Å². The number of nitrogens with zero attached hydrogens (tertiary/aromatic N) is 1. The maximum Gasteiger partial charge on any atom is 0.265 e. The fourth-order valence-electron chi connectivity index (χ4n) is 2.31. The Morgan fingerprint density at radius 2 is 2.20 bits per heavy atom. The molecule has 0 aliphatic heterocycles. The standard InChI is InChI=1S/C15H11ClN2OS/c16-11-6-9(8-17)4-5-12(11)18-15(19)14-7-10-2-1-3-13(10)20-14/h4-7H,1-3H2,(H,18,19). The van der Waals surface area contributed by atoms with E-state index in [1.165, 1.54) is 16.9 Å². The van der Waals surface area contributed by atoms with Gasteiger partial charge in [-0.15, -0.1) is 11.3 Å². The summed E-state index contributed by atoms with van der Waals surface area (Å²) in [4.78, 5) is 14.2. The molecular formula is C15H11ClN2OS. The molecule has 100 valence electrons. The van der Waals surface area contributed by atoms with Gasteiger partial charge in [-0.05, 0) is 49.1 Å². The zero-order valence-electron chi connectivity index (χ0n) is 10.6. The lowest BCUT2D eigenvalue weighted by molar-refractivity contribution is 0.103. The molecule has 2 aromatic rings. The van der Waals surface area contributed by atoms with E-state index >= 15 is 0 Å². The second-order valence-electron chi connectivity index (χ2n) is 4.67. The summed E-state index contributed by atoms with van der Waals surface area (Å²) in [6.07, 6.45) is 3.33. The highest BCUT2D eigenvalue weighted by Gasteiger charge is 2.19. The predicted molar refractivity (Wildman–Crippen MR) is 80.5 cm³/mol. The Bertz CT molecular complexity index is 708. The van der Waals surface area contributed by atoms with Gasteiger partial charge in [-0.25, -0.2) is 0 Å². The van der Waals surface area contributed by atoms with E-state index in [2.05, 4.69) is 5.32 Å². The van der Waals surface area contributed by atoms with Crippen LogP contribution in [-0.4, -0.2) is 5.91 Å². The minimum Gasteiger partial charge on any atom is -0.320 e. The summed E-state index contributed by atoms with van der Waals surface area (Å²) in [5, 5.41) is 12.0. The third-order valence-electron chi connectivity index (χ3n) is 3.32. The number of nitriles is 1. The number of fused-ring (bicyclic) bond motifs is 1. The molecule has 0 saturated heterocycles. The van der Waals surface area contributed by atoms with E-state index in [1.807, 2.05) is 12.1 Å². The lowest BCUT2D eigenvalue weighted by Crippen LogP contribution is -2.10. The van der Waals surface area contributed by atoms with Gasteiger partial charge in [0.2, 0.25) is 0 Å². The van der Waals surface area contributed by atoms with Gasteiger partial charge < -0.3 is 5.32 Å². The Kier molecular flexibility index (Phi) is 3.47. The van der Waals surface area contributed by atoms with Gasteiger partial charge in [0.25, 0.3) is 5.91 Å². The first-order chi connectivity index (χ1) is 9.67. The molecule has 1 aromatic heterocycles. The summed E-state index contributed by atoms with van der Waals surface area (Å²) in [7, 11) is 0. The number of aryl methyl sites for hydroxylation is 2. The van der Waals surface area contributed by atoms with Crippen LogP contribution in [0.15, 0.2) is 24.3 Å². The van der Waals surface area contributed by atoms with Crippen LogP contribution in [-0.2, 0) is 12.8 Å². The van der Waals surface area contributed by atoms with Crippen molar-refractivity contribution in [2.45, 2.75) is 19.3 Å². The number of benzene rings is 1. The van der Waals surface area contributed by atoms with Crippen LogP contribution in [0.4, 0.5) is 5.69 Å². The van der Waals surface area contributed by atoms with E-state index in [0.717, 1.165) is 17.7 Å². The van der Waals surface area contributed by atoms with Crippen LogP contribution >= 0.6 is 22.9 Å². The first-order valence-electron chi connectivity index (χ1n) is 6.30. The van der Waals surface area contributed by atoms with E-state index in [4.69, 9.17) is 16.9 Å². The summed E-state index contributed by atoms with van der Waals surface area (Å²) >= 11 is 7.61. The average Bonchev–Trinajstić information content (AvgIpc) is 3.01. The Hall–Kier alpha value is -1.83. The van der Waals surface area contributed by atoms with Crippen LogP contribution in [0.3, 0.4) is 0 Å². The molecule has 0 unspecified atom stereocenters. The number of hydrogen-bond acceptors (Lipinski definition) is 3. The largest absolute Gasteiger partial charge is 0.320 e. The number of thiophene rings is 1. The molecule has 1 aliphatic rings. The van der Waals surface area contributed by atoms with E-state index in [1.54, 1.807) is 29.5 Å². The summed E-state index contributed by atoms with van der Waals surface area (Å²) in [5.74, 6) is -0.143. The fraction of sp³-hybridized carbons (Fsp3) is 0.200. The van der Waals surface area contributed by atoms with E-state index < -0.39 is 0 Å². The predicted octanol–water partition coefficient (Wildman–Crippen LogP) is 4.01. The highest BCUT2D eigenvalue weighted by atomic mass is 35.5. The van der Waals surface area contributed by atoms with Gasteiger partial charge in [0.15, 0.2) is 0 Å². The maximum absolute atomic E-state index is 12.2. The van der Waals surface area contributed by atoms with Crippen molar-refractivity contribution in [2.75, 3.05) is 5.32 Å². The minimum atomic E-state index is -0.143.